The third kappa shape index (κ3) is 3.19. The zero-order valence-corrected chi connectivity index (χ0v) is 15.5. The molecule has 25 heavy (non-hydrogen) atoms. The van der Waals surface area contributed by atoms with Crippen LogP contribution < -0.4 is 5.32 Å². The lowest BCUT2D eigenvalue weighted by atomic mass is 9.74. The van der Waals surface area contributed by atoms with E-state index in [-0.39, 0.29) is 24.1 Å². The fourth-order valence-electron chi connectivity index (χ4n) is 5.14. The van der Waals surface area contributed by atoms with E-state index in [0.717, 1.165) is 64.7 Å². The molecule has 1 aromatic rings. The number of piperidine rings is 1. The Balaban J connectivity index is 0.00000182. The fourth-order valence-corrected chi connectivity index (χ4v) is 5.14. The third-order valence-electron chi connectivity index (χ3n) is 6.70. The van der Waals surface area contributed by atoms with E-state index < -0.39 is 5.41 Å². The molecule has 3 nitrogen and oxygen atoms in total. The Labute approximate surface area is 155 Å². The molecule has 3 fully saturated rings. The number of nitrogens with zero attached hydrogens (tertiary/aromatic N) is 1. The molecule has 2 aliphatic heterocycles. The standard InChI is InChI=1S/C20H27FN2O.ClH/c21-17-6-2-1-5-16(17)20(7-3-4-8-20)18(24)23-13-10-19(11-14-23)9-12-22-15-19;/h1-2,5-6,22H,3-4,7-15H2;1H. The molecule has 1 spiro atoms. The van der Waals surface area contributed by atoms with Gasteiger partial charge >= 0.3 is 0 Å². The highest BCUT2D eigenvalue weighted by atomic mass is 35.5. The first-order valence-electron chi connectivity index (χ1n) is 9.40. The summed E-state index contributed by atoms with van der Waals surface area (Å²) in [5.74, 6) is -0.0490. The van der Waals surface area contributed by atoms with E-state index >= 15 is 0 Å². The third-order valence-corrected chi connectivity index (χ3v) is 6.70. The van der Waals surface area contributed by atoms with E-state index in [1.54, 1.807) is 6.07 Å². The van der Waals surface area contributed by atoms with Crippen molar-refractivity contribution >= 4 is 18.3 Å². The highest BCUT2D eigenvalue weighted by Crippen LogP contribution is 2.45. The Bertz CT molecular complexity index is 614. The van der Waals surface area contributed by atoms with E-state index in [1.807, 2.05) is 17.0 Å². The number of benzene rings is 1. The molecule has 0 aromatic heterocycles. The predicted molar refractivity (Wildman–Crippen MR) is 99.5 cm³/mol. The van der Waals surface area contributed by atoms with Gasteiger partial charge in [-0.15, -0.1) is 12.4 Å². The van der Waals surface area contributed by atoms with Crippen LogP contribution in [0.25, 0.3) is 0 Å². The monoisotopic (exact) mass is 366 g/mol. The Morgan fingerprint density at radius 3 is 2.32 bits per heavy atom. The van der Waals surface area contributed by atoms with Gasteiger partial charge in [0.1, 0.15) is 5.82 Å². The van der Waals surface area contributed by atoms with Crippen molar-refractivity contribution in [1.29, 1.82) is 0 Å². The normalized spacial score (nSPS) is 24.3. The molecule has 0 atom stereocenters. The van der Waals surface area contributed by atoms with Gasteiger partial charge < -0.3 is 10.2 Å². The van der Waals surface area contributed by atoms with Crippen molar-refractivity contribution in [2.45, 2.75) is 50.4 Å². The van der Waals surface area contributed by atoms with E-state index in [1.165, 1.54) is 12.5 Å². The molecule has 1 aliphatic carbocycles. The van der Waals surface area contributed by atoms with Crippen LogP contribution in [0.1, 0.15) is 50.5 Å². The second kappa shape index (κ2) is 7.24. The van der Waals surface area contributed by atoms with Crippen LogP contribution in [0.4, 0.5) is 4.39 Å². The number of likely N-dealkylation sites (tertiary alicyclic amines) is 1. The Morgan fingerprint density at radius 2 is 1.72 bits per heavy atom. The van der Waals surface area contributed by atoms with Gasteiger partial charge in [-0.1, -0.05) is 31.0 Å². The molecule has 138 valence electrons. The number of carbonyl (C=O) groups is 1. The van der Waals surface area contributed by atoms with E-state index in [4.69, 9.17) is 0 Å². The van der Waals surface area contributed by atoms with Crippen molar-refractivity contribution in [1.82, 2.24) is 10.2 Å². The molecule has 1 N–H and O–H groups in total. The van der Waals surface area contributed by atoms with Gasteiger partial charge in [-0.05, 0) is 50.1 Å². The first kappa shape index (κ1) is 18.7. The van der Waals surface area contributed by atoms with Crippen LogP contribution in [0.3, 0.4) is 0 Å². The molecular weight excluding hydrogens is 339 g/mol. The lowest BCUT2D eigenvalue weighted by Gasteiger charge is -2.42. The van der Waals surface area contributed by atoms with Gasteiger partial charge in [0.25, 0.3) is 0 Å². The average Bonchev–Trinajstić information content (AvgIpc) is 3.26. The van der Waals surface area contributed by atoms with Crippen molar-refractivity contribution in [3.63, 3.8) is 0 Å². The molecule has 2 saturated heterocycles. The molecular formula is C20H28ClFN2O. The molecule has 4 rings (SSSR count). The summed E-state index contributed by atoms with van der Waals surface area (Å²) in [6, 6.07) is 6.90. The van der Waals surface area contributed by atoms with Crippen molar-refractivity contribution < 1.29 is 9.18 Å². The van der Waals surface area contributed by atoms with Gasteiger partial charge in [-0.3, -0.25) is 4.79 Å². The maximum absolute atomic E-state index is 14.5. The zero-order valence-electron chi connectivity index (χ0n) is 14.7. The number of rotatable bonds is 2. The van der Waals surface area contributed by atoms with Crippen LogP contribution >= 0.6 is 12.4 Å². The van der Waals surface area contributed by atoms with Gasteiger partial charge in [0, 0.05) is 25.2 Å². The van der Waals surface area contributed by atoms with Crippen LogP contribution in [0, 0.1) is 11.2 Å². The van der Waals surface area contributed by atoms with Crippen molar-refractivity contribution in [2.75, 3.05) is 26.2 Å². The summed E-state index contributed by atoms with van der Waals surface area (Å²) in [5, 5.41) is 3.47. The maximum Gasteiger partial charge on any atom is 0.233 e. The maximum atomic E-state index is 14.5. The molecule has 1 amide bonds. The predicted octanol–water partition coefficient (Wildman–Crippen LogP) is 3.66. The molecule has 0 radical (unpaired) electrons. The topological polar surface area (TPSA) is 32.3 Å². The van der Waals surface area contributed by atoms with E-state index in [2.05, 4.69) is 5.32 Å². The SMILES string of the molecule is Cl.O=C(N1CCC2(CCNC2)CC1)C1(c2ccccc2F)CCCC1. The number of carbonyl (C=O) groups excluding carboxylic acids is 1. The van der Waals surface area contributed by atoms with Crippen LogP contribution in [0.2, 0.25) is 0 Å². The summed E-state index contributed by atoms with van der Waals surface area (Å²) in [4.78, 5) is 15.5. The van der Waals surface area contributed by atoms with Gasteiger partial charge in [0.05, 0.1) is 5.41 Å². The summed E-state index contributed by atoms with van der Waals surface area (Å²) in [6.45, 7) is 3.86. The van der Waals surface area contributed by atoms with Crippen molar-refractivity contribution in [2.24, 2.45) is 5.41 Å². The minimum atomic E-state index is -0.621. The van der Waals surface area contributed by atoms with E-state index in [9.17, 15) is 9.18 Å². The zero-order chi connectivity index (χ0) is 16.6. The second-order valence-electron chi connectivity index (χ2n) is 7.99. The molecule has 5 heteroatoms. The first-order chi connectivity index (χ1) is 11.7. The van der Waals surface area contributed by atoms with Crippen LogP contribution in [0.15, 0.2) is 24.3 Å². The highest BCUT2D eigenvalue weighted by Gasteiger charge is 2.48. The number of halogens is 2. The largest absolute Gasteiger partial charge is 0.342 e. The molecule has 0 bridgehead atoms. The molecule has 1 saturated carbocycles. The van der Waals surface area contributed by atoms with Crippen LogP contribution in [0.5, 0.6) is 0 Å². The van der Waals surface area contributed by atoms with Gasteiger partial charge in [-0.2, -0.15) is 0 Å². The molecule has 2 heterocycles. The summed E-state index contributed by atoms with van der Waals surface area (Å²) in [7, 11) is 0. The van der Waals surface area contributed by atoms with Gasteiger partial charge in [0.2, 0.25) is 5.91 Å². The number of hydrogen-bond donors (Lipinski definition) is 1. The second-order valence-corrected chi connectivity index (χ2v) is 7.99. The Morgan fingerprint density at radius 1 is 1.04 bits per heavy atom. The number of hydrogen-bond acceptors (Lipinski definition) is 2. The summed E-state index contributed by atoms with van der Waals surface area (Å²) >= 11 is 0. The summed E-state index contributed by atoms with van der Waals surface area (Å²) in [5.41, 5.74) is 0.400. The van der Waals surface area contributed by atoms with Gasteiger partial charge in [0.15, 0.2) is 0 Å². The molecule has 0 unspecified atom stereocenters. The highest BCUT2D eigenvalue weighted by molar-refractivity contribution is 5.89. The lowest BCUT2D eigenvalue weighted by Crippen LogP contribution is -2.51. The summed E-state index contributed by atoms with van der Waals surface area (Å²) < 4.78 is 14.5. The summed E-state index contributed by atoms with van der Waals surface area (Å²) in [6.07, 6.45) is 7.00. The van der Waals surface area contributed by atoms with Gasteiger partial charge in [-0.25, -0.2) is 4.39 Å². The number of nitrogens with one attached hydrogen (secondary N) is 1. The molecule has 1 aromatic carbocycles. The van der Waals surface area contributed by atoms with Crippen LogP contribution in [-0.2, 0) is 10.2 Å². The first-order valence-corrected chi connectivity index (χ1v) is 9.40. The van der Waals surface area contributed by atoms with Crippen molar-refractivity contribution in [3.05, 3.63) is 35.6 Å². The smallest absolute Gasteiger partial charge is 0.233 e. The minimum absolute atomic E-state index is 0. The number of amides is 1. The average molecular weight is 367 g/mol. The van der Waals surface area contributed by atoms with Crippen molar-refractivity contribution in [3.8, 4) is 0 Å². The quantitative estimate of drug-likeness (QED) is 0.866. The van der Waals surface area contributed by atoms with E-state index in [0.29, 0.717) is 11.0 Å². The van der Waals surface area contributed by atoms with Crippen LogP contribution in [-0.4, -0.2) is 37.0 Å². The Hall–Kier alpha value is -1.13. The molecule has 3 aliphatic rings. The minimum Gasteiger partial charge on any atom is -0.342 e. The lowest BCUT2D eigenvalue weighted by molar-refractivity contribution is -0.139. The fraction of sp³-hybridized carbons (Fsp3) is 0.650. The Kier molecular flexibility index (Phi) is 5.40.